The first-order chi connectivity index (χ1) is 30.3. The first-order valence-electron chi connectivity index (χ1n) is 22.4. The fourth-order valence-electron chi connectivity index (χ4n) is 9.71. The molecule has 0 amide bonds. The summed E-state index contributed by atoms with van der Waals surface area (Å²) in [6.07, 6.45) is 3.84. The van der Waals surface area contributed by atoms with Gasteiger partial charge in [-0.05, 0) is 83.8 Å². The Morgan fingerprint density at radius 1 is 0.540 bits per heavy atom. The molecule has 63 heavy (non-hydrogen) atoms. The highest BCUT2D eigenvalue weighted by Gasteiger charge is 2.29. The summed E-state index contributed by atoms with van der Waals surface area (Å²) in [6.45, 7) is 20.2. The zero-order valence-electron chi connectivity index (χ0n) is 37.9. The van der Waals surface area contributed by atoms with Crippen molar-refractivity contribution in [2.75, 3.05) is 0 Å². The molecule has 10 rings (SSSR count). The van der Waals surface area contributed by atoms with Crippen molar-refractivity contribution in [3.8, 4) is 39.8 Å². The number of aromatic nitrogens is 5. The van der Waals surface area contributed by atoms with Crippen LogP contribution in [0.5, 0.6) is 11.5 Å². The third kappa shape index (κ3) is 6.80. The molecule has 0 aliphatic rings. The zero-order chi connectivity index (χ0) is 43.8. The molecule has 6 aromatic carbocycles. The lowest BCUT2D eigenvalue weighted by Crippen LogP contribution is -2.19. The molecule has 6 heteroatoms. The van der Waals surface area contributed by atoms with Crippen molar-refractivity contribution in [1.82, 2.24) is 23.9 Å². The van der Waals surface area contributed by atoms with Gasteiger partial charge in [0.15, 0.2) is 0 Å². The molecule has 0 aliphatic heterocycles. The summed E-state index contributed by atoms with van der Waals surface area (Å²) in [5.74, 6) is 2.36. The van der Waals surface area contributed by atoms with Crippen LogP contribution in [0.2, 0.25) is 0 Å². The summed E-state index contributed by atoms with van der Waals surface area (Å²) >= 11 is 0. The Morgan fingerprint density at radius 3 is 1.86 bits per heavy atom. The minimum atomic E-state index is -0.187. The first kappa shape index (κ1) is 40.2. The topological polar surface area (TPSA) is 49.8 Å². The number of benzene rings is 6. The highest BCUT2D eigenvalue weighted by molar-refractivity contribution is 6.12. The highest BCUT2D eigenvalue weighted by atomic mass is 16.5. The number of para-hydroxylation sites is 3. The van der Waals surface area contributed by atoms with E-state index in [2.05, 4.69) is 216 Å². The van der Waals surface area contributed by atoms with E-state index in [9.17, 15) is 0 Å². The molecular weight excluding hydrogens is 771 g/mol. The number of hydrogen-bond acceptors (Lipinski definition) is 3. The fourth-order valence-corrected chi connectivity index (χ4v) is 9.71. The van der Waals surface area contributed by atoms with Crippen molar-refractivity contribution in [2.45, 2.75) is 86.0 Å². The third-order valence-corrected chi connectivity index (χ3v) is 12.7. The van der Waals surface area contributed by atoms with Crippen molar-refractivity contribution >= 4 is 43.6 Å². The van der Waals surface area contributed by atoms with Gasteiger partial charge >= 0.3 is 0 Å². The van der Waals surface area contributed by atoms with E-state index in [0.29, 0.717) is 0 Å². The standard InChI is InChI=1S/C57H55N5O/c1-10-37-21-17-24-47-48-25-18-22-38(11-2)54(48)60(53(37)47)41-29-30-58-51(34-41)61-49-26-16-15-23-45(49)46-28-27-43(35-50(46)61)63-44-32-40(56(4,5)6)31-42(33-44)62-55(57(7,8)9)52(36(3)59-62)39-19-13-12-14-20-39/h12-35H,10-11H2,1-9H3. The van der Waals surface area contributed by atoms with Crippen LogP contribution in [0.15, 0.2) is 146 Å². The lowest BCUT2D eigenvalue weighted by molar-refractivity contribution is 0.477. The molecule has 314 valence electrons. The van der Waals surface area contributed by atoms with Crippen LogP contribution >= 0.6 is 0 Å². The summed E-state index contributed by atoms with van der Waals surface area (Å²) in [4.78, 5) is 5.09. The summed E-state index contributed by atoms with van der Waals surface area (Å²) < 4.78 is 13.9. The predicted octanol–water partition coefficient (Wildman–Crippen LogP) is 14.9. The molecule has 0 radical (unpaired) electrons. The van der Waals surface area contributed by atoms with E-state index in [1.807, 2.05) is 6.20 Å². The van der Waals surface area contributed by atoms with Gasteiger partial charge in [-0.2, -0.15) is 5.10 Å². The van der Waals surface area contributed by atoms with E-state index in [1.165, 1.54) is 60.7 Å². The molecule has 0 atom stereocenters. The highest BCUT2D eigenvalue weighted by Crippen LogP contribution is 2.42. The molecule has 0 bridgehead atoms. The van der Waals surface area contributed by atoms with Crippen molar-refractivity contribution in [3.05, 3.63) is 174 Å². The van der Waals surface area contributed by atoms with Crippen molar-refractivity contribution in [3.63, 3.8) is 0 Å². The molecule has 4 aromatic heterocycles. The Balaban J connectivity index is 1.13. The van der Waals surface area contributed by atoms with Gasteiger partial charge in [0.25, 0.3) is 0 Å². The van der Waals surface area contributed by atoms with Crippen LogP contribution in [0.25, 0.3) is 71.9 Å². The van der Waals surface area contributed by atoms with Gasteiger partial charge in [-0.25, -0.2) is 9.67 Å². The third-order valence-electron chi connectivity index (χ3n) is 12.7. The lowest BCUT2D eigenvalue weighted by atomic mass is 9.85. The number of ether oxygens (including phenoxy) is 1. The van der Waals surface area contributed by atoms with Gasteiger partial charge in [-0.3, -0.25) is 4.57 Å². The van der Waals surface area contributed by atoms with E-state index >= 15 is 0 Å². The van der Waals surface area contributed by atoms with Crippen molar-refractivity contribution < 1.29 is 4.74 Å². The minimum absolute atomic E-state index is 0.139. The number of nitrogens with zero attached hydrogens (tertiary/aromatic N) is 5. The maximum Gasteiger partial charge on any atom is 0.139 e. The quantitative estimate of drug-likeness (QED) is 0.153. The predicted molar refractivity (Wildman–Crippen MR) is 263 cm³/mol. The zero-order valence-corrected chi connectivity index (χ0v) is 37.9. The Labute approximate surface area is 370 Å². The normalized spacial score (nSPS) is 12.3. The number of aryl methyl sites for hydroxylation is 3. The molecule has 0 fully saturated rings. The number of fused-ring (bicyclic) bond motifs is 6. The number of pyridine rings is 1. The Kier molecular flexibility index (Phi) is 9.67. The molecule has 0 unspecified atom stereocenters. The first-order valence-corrected chi connectivity index (χ1v) is 22.4. The lowest BCUT2D eigenvalue weighted by Gasteiger charge is -2.25. The van der Waals surface area contributed by atoms with Crippen LogP contribution in [0.4, 0.5) is 0 Å². The summed E-state index contributed by atoms with van der Waals surface area (Å²) in [6, 6.07) is 50.2. The second kappa shape index (κ2) is 15.2. The largest absolute Gasteiger partial charge is 0.457 e. The maximum absolute atomic E-state index is 6.97. The SMILES string of the molecule is CCc1cccc2c3cccc(CC)c3n(-c3ccnc(-n4c5ccccc5c5ccc(Oc6cc(-n7nc(C)c(-c8ccccc8)c7C(C)(C)C)cc(C(C)(C)C)c6)cc54)c3)c12. The summed E-state index contributed by atoms with van der Waals surface area (Å²) in [7, 11) is 0. The van der Waals surface area contributed by atoms with Crippen LogP contribution < -0.4 is 4.74 Å². The van der Waals surface area contributed by atoms with Crippen LogP contribution in [0, 0.1) is 6.92 Å². The molecule has 0 N–H and O–H groups in total. The smallest absolute Gasteiger partial charge is 0.139 e. The average Bonchev–Trinajstić information content (AvgIpc) is 3.93. The van der Waals surface area contributed by atoms with Gasteiger partial charge in [-0.15, -0.1) is 0 Å². The molecule has 0 aliphatic carbocycles. The van der Waals surface area contributed by atoms with Gasteiger partial charge in [0.2, 0.25) is 0 Å². The summed E-state index contributed by atoms with van der Waals surface area (Å²) in [5.41, 5.74) is 14.7. The van der Waals surface area contributed by atoms with Crippen LogP contribution in [-0.2, 0) is 23.7 Å². The van der Waals surface area contributed by atoms with Crippen molar-refractivity contribution in [1.29, 1.82) is 0 Å². The average molecular weight is 826 g/mol. The number of hydrogen-bond donors (Lipinski definition) is 0. The van der Waals surface area contributed by atoms with Gasteiger partial charge in [0.05, 0.1) is 44.8 Å². The van der Waals surface area contributed by atoms with E-state index in [-0.39, 0.29) is 10.8 Å². The molecule has 4 heterocycles. The minimum Gasteiger partial charge on any atom is -0.457 e. The van der Waals surface area contributed by atoms with E-state index in [1.54, 1.807) is 0 Å². The Bertz CT molecular complexity index is 3310. The molecule has 6 nitrogen and oxygen atoms in total. The van der Waals surface area contributed by atoms with Gasteiger partial charge in [-0.1, -0.05) is 140 Å². The number of rotatable bonds is 8. The van der Waals surface area contributed by atoms with Crippen LogP contribution in [-0.4, -0.2) is 23.9 Å². The second-order valence-electron chi connectivity index (χ2n) is 19.0. The van der Waals surface area contributed by atoms with Gasteiger partial charge in [0, 0.05) is 56.9 Å². The molecule has 0 spiro atoms. The molecule has 10 aromatic rings. The fraction of sp³-hybridized carbons (Fsp3) is 0.228. The maximum atomic E-state index is 6.97. The Hall–Kier alpha value is -6.92. The van der Waals surface area contributed by atoms with E-state index in [4.69, 9.17) is 14.8 Å². The van der Waals surface area contributed by atoms with E-state index in [0.717, 1.165) is 63.6 Å². The van der Waals surface area contributed by atoms with Crippen LogP contribution in [0.3, 0.4) is 0 Å². The monoisotopic (exact) mass is 825 g/mol. The molecule has 0 saturated carbocycles. The van der Waals surface area contributed by atoms with Crippen molar-refractivity contribution in [2.24, 2.45) is 0 Å². The van der Waals surface area contributed by atoms with Gasteiger partial charge in [0.1, 0.15) is 17.3 Å². The Morgan fingerprint density at radius 2 is 1.19 bits per heavy atom. The van der Waals surface area contributed by atoms with E-state index < -0.39 is 0 Å². The summed E-state index contributed by atoms with van der Waals surface area (Å²) in [5, 5.41) is 10.1. The second-order valence-corrected chi connectivity index (χ2v) is 19.0. The molecule has 0 saturated heterocycles. The van der Waals surface area contributed by atoms with Crippen LogP contribution in [0.1, 0.15) is 83.5 Å². The van der Waals surface area contributed by atoms with Gasteiger partial charge < -0.3 is 9.30 Å². The molecular formula is C57H55N5O.